The van der Waals surface area contributed by atoms with Crippen molar-refractivity contribution in [2.75, 3.05) is 0 Å². The predicted molar refractivity (Wildman–Crippen MR) is 129 cm³/mol. The number of carboxylic acid groups (broad SMARTS) is 1. The Kier molecular flexibility index (Phi) is 5.86. The Labute approximate surface area is 195 Å². The van der Waals surface area contributed by atoms with Crippen LogP contribution >= 0.6 is 15.9 Å². The Morgan fingerprint density at radius 1 is 1.23 bits per heavy atom. The van der Waals surface area contributed by atoms with Crippen molar-refractivity contribution in [1.29, 1.82) is 0 Å². The summed E-state index contributed by atoms with van der Waals surface area (Å²) in [6, 6.07) is 5.40. The van der Waals surface area contributed by atoms with Gasteiger partial charge in [-0.15, -0.1) is 0 Å². The van der Waals surface area contributed by atoms with E-state index in [1.54, 1.807) is 6.07 Å². The fourth-order valence-electron chi connectivity index (χ4n) is 7.19. The van der Waals surface area contributed by atoms with Gasteiger partial charge < -0.3 is 9.84 Å². The monoisotopic (exact) mass is 488 g/mol. The first-order valence-electron chi connectivity index (χ1n) is 11.8. The first-order chi connectivity index (χ1) is 14.5. The maximum atomic E-state index is 11.5. The van der Waals surface area contributed by atoms with Gasteiger partial charge in [0.1, 0.15) is 11.4 Å². The molecule has 31 heavy (non-hydrogen) atoms. The van der Waals surface area contributed by atoms with Crippen LogP contribution in [-0.2, 0) is 6.42 Å². The summed E-state index contributed by atoms with van der Waals surface area (Å²) < 4.78 is 6.88. The highest BCUT2D eigenvalue weighted by molar-refractivity contribution is 9.09. The Hall–Kier alpha value is -1.29. The second kappa shape index (κ2) is 7.93. The highest BCUT2D eigenvalue weighted by Crippen LogP contribution is 2.67. The third-order valence-corrected chi connectivity index (χ3v) is 10.7. The van der Waals surface area contributed by atoms with Crippen LogP contribution in [0.25, 0.3) is 0 Å². The average Bonchev–Trinajstić information content (AvgIpc) is 2.70. The maximum absolute atomic E-state index is 11.5. The van der Waals surface area contributed by atoms with E-state index in [0.29, 0.717) is 22.2 Å². The molecule has 0 aromatic heterocycles. The summed E-state index contributed by atoms with van der Waals surface area (Å²) in [6.45, 7) is 11.7. The molecule has 6 unspecified atom stereocenters. The molecule has 2 fully saturated rings. The molecule has 2 aliphatic carbocycles. The largest absolute Gasteiger partial charge is 0.486 e. The molecular formula is C27H37BrO3. The van der Waals surface area contributed by atoms with Gasteiger partial charge in [0, 0.05) is 16.2 Å². The summed E-state index contributed by atoms with van der Waals surface area (Å²) in [5.74, 6) is 1.05. The van der Waals surface area contributed by atoms with Crippen LogP contribution in [0, 0.1) is 22.7 Å². The van der Waals surface area contributed by atoms with Crippen LogP contribution in [0.2, 0.25) is 0 Å². The molecule has 3 nitrogen and oxygen atoms in total. The first-order valence-corrected chi connectivity index (χ1v) is 12.8. The molecule has 1 aliphatic heterocycles. The van der Waals surface area contributed by atoms with Gasteiger partial charge in [-0.1, -0.05) is 41.4 Å². The lowest BCUT2D eigenvalue weighted by Crippen LogP contribution is -2.67. The molecule has 1 N–H and O–H groups in total. The Morgan fingerprint density at radius 2 is 1.97 bits per heavy atom. The second-order valence-electron chi connectivity index (χ2n) is 11.1. The van der Waals surface area contributed by atoms with Crippen molar-refractivity contribution in [2.24, 2.45) is 22.7 Å². The van der Waals surface area contributed by atoms with Gasteiger partial charge in [-0.05, 0) is 101 Å². The number of fused-ring (bicyclic) bond motifs is 4. The molecule has 4 heteroatoms. The Morgan fingerprint density at radius 3 is 2.65 bits per heavy atom. The van der Waals surface area contributed by atoms with E-state index in [2.05, 4.69) is 56.6 Å². The van der Waals surface area contributed by atoms with Crippen LogP contribution in [0.15, 0.2) is 29.8 Å². The SMILES string of the molecule is CC(C)=CCCC1(C)C(Br)CCC2(C)C1CCC1Cc3cc(C(=O)O)ccc3OC12C. The van der Waals surface area contributed by atoms with Crippen LogP contribution in [-0.4, -0.2) is 21.5 Å². The van der Waals surface area contributed by atoms with Gasteiger partial charge in [-0.3, -0.25) is 0 Å². The molecule has 0 radical (unpaired) electrons. The molecule has 6 atom stereocenters. The van der Waals surface area contributed by atoms with Crippen molar-refractivity contribution in [3.8, 4) is 5.75 Å². The zero-order valence-corrected chi connectivity index (χ0v) is 21.2. The molecule has 1 heterocycles. The third-order valence-electron chi connectivity index (χ3n) is 9.25. The van der Waals surface area contributed by atoms with E-state index >= 15 is 0 Å². The molecule has 4 rings (SSSR count). The van der Waals surface area contributed by atoms with E-state index in [9.17, 15) is 9.90 Å². The average molecular weight is 489 g/mol. The molecule has 0 bridgehead atoms. The van der Waals surface area contributed by atoms with Crippen LogP contribution < -0.4 is 4.74 Å². The van der Waals surface area contributed by atoms with E-state index in [0.717, 1.165) is 30.6 Å². The van der Waals surface area contributed by atoms with Crippen molar-refractivity contribution in [2.45, 2.75) is 90.0 Å². The van der Waals surface area contributed by atoms with Gasteiger partial charge in [-0.2, -0.15) is 0 Å². The van der Waals surface area contributed by atoms with E-state index in [4.69, 9.17) is 4.74 Å². The van der Waals surface area contributed by atoms with E-state index in [1.807, 2.05) is 12.1 Å². The van der Waals surface area contributed by atoms with Crippen LogP contribution in [0.3, 0.4) is 0 Å². The van der Waals surface area contributed by atoms with E-state index < -0.39 is 5.97 Å². The summed E-state index contributed by atoms with van der Waals surface area (Å²) in [5.41, 5.74) is 2.94. The van der Waals surface area contributed by atoms with Gasteiger partial charge in [-0.25, -0.2) is 4.79 Å². The predicted octanol–water partition coefficient (Wildman–Crippen LogP) is 7.42. The molecule has 0 spiro atoms. The molecule has 3 aliphatic rings. The molecule has 0 saturated heterocycles. The standard InChI is InChI=1S/C27H37BrO3/c1-17(2)7-6-13-25(3)22-11-9-20-16-19-15-18(24(29)30)8-10-21(19)31-27(20,5)26(22,4)14-12-23(25)28/h7-8,10,15,20,22-23H,6,9,11-14,16H2,1-5H3,(H,29,30). The number of benzene rings is 1. The topological polar surface area (TPSA) is 46.5 Å². The molecular weight excluding hydrogens is 452 g/mol. The normalized spacial score (nSPS) is 38.8. The van der Waals surface area contributed by atoms with Crippen LogP contribution in [0.5, 0.6) is 5.75 Å². The summed E-state index contributed by atoms with van der Waals surface area (Å²) in [7, 11) is 0. The first kappa shape index (κ1) is 22.9. The number of alkyl halides is 1. The van der Waals surface area contributed by atoms with Gasteiger partial charge in [0.05, 0.1) is 5.56 Å². The molecule has 1 aromatic rings. The highest BCUT2D eigenvalue weighted by Gasteiger charge is 2.65. The third kappa shape index (κ3) is 3.57. The highest BCUT2D eigenvalue weighted by atomic mass is 79.9. The van der Waals surface area contributed by atoms with Crippen molar-refractivity contribution < 1.29 is 14.6 Å². The lowest BCUT2D eigenvalue weighted by atomic mass is 9.43. The van der Waals surface area contributed by atoms with E-state index in [-0.39, 0.29) is 16.4 Å². The van der Waals surface area contributed by atoms with Crippen molar-refractivity contribution >= 4 is 21.9 Å². The molecule has 0 amide bonds. The van der Waals surface area contributed by atoms with Crippen LogP contribution in [0.1, 0.15) is 89.1 Å². The van der Waals surface area contributed by atoms with Gasteiger partial charge in [0.2, 0.25) is 0 Å². The summed E-state index contributed by atoms with van der Waals surface area (Å²) in [5, 5.41) is 9.40. The number of halogens is 1. The lowest BCUT2D eigenvalue weighted by molar-refractivity contribution is -0.196. The minimum absolute atomic E-state index is 0.100. The van der Waals surface area contributed by atoms with Crippen molar-refractivity contribution in [3.63, 3.8) is 0 Å². The Balaban J connectivity index is 1.69. The Bertz CT molecular complexity index is 904. The van der Waals surface area contributed by atoms with Crippen LogP contribution in [0.4, 0.5) is 0 Å². The molecule has 2 saturated carbocycles. The fraction of sp³-hybridized carbons (Fsp3) is 0.667. The molecule has 1 aromatic carbocycles. The number of ether oxygens (including phenoxy) is 1. The minimum atomic E-state index is -0.866. The zero-order valence-electron chi connectivity index (χ0n) is 19.6. The smallest absolute Gasteiger partial charge is 0.335 e. The van der Waals surface area contributed by atoms with Crippen molar-refractivity contribution in [1.82, 2.24) is 0 Å². The lowest BCUT2D eigenvalue weighted by Gasteiger charge is -2.66. The summed E-state index contributed by atoms with van der Waals surface area (Å²) >= 11 is 4.10. The number of allylic oxidation sites excluding steroid dienone is 2. The minimum Gasteiger partial charge on any atom is -0.486 e. The number of hydrogen-bond acceptors (Lipinski definition) is 2. The van der Waals surface area contributed by atoms with Gasteiger partial charge >= 0.3 is 5.97 Å². The second-order valence-corrected chi connectivity index (χ2v) is 12.2. The van der Waals surface area contributed by atoms with E-state index in [1.165, 1.54) is 31.3 Å². The number of hydrogen-bond donors (Lipinski definition) is 1. The summed E-state index contributed by atoms with van der Waals surface area (Å²) in [4.78, 5) is 12.0. The number of rotatable bonds is 4. The fourth-order valence-corrected chi connectivity index (χ4v) is 7.97. The quantitative estimate of drug-likeness (QED) is 0.354. The maximum Gasteiger partial charge on any atom is 0.335 e. The zero-order chi connectivity index (χ0) is 22.6. The number of aromatic carboxylic acids is 1. The number of carbonyl (C=O) groups is 1. The molecule has 170 valence electrons. The van der Waals surface area contributed by atoms with Gasteiger partial charge in [0.15, 0.2) is 0 Å². The van der Waals surface area contributed by atoms with Gasteiger partial charge in [0.25, 0.3) is 0 Å². The number of carboxylic acids is 1. The van der Waals surface area contributed by atoms with Crippen molar-refractivity contribution in [3.05, 3.63) is 41.0 Å². The summed E-state index contributed by atoms with van der Waals surface area (Å²) in [6.07, 6.45) is 10.4.